The molecule has 21 heavy (non-hydrogen) atoms. The van der Waals surface area contributed by atoms with Gasteiger partial charge in [0.1, 0.15) is 5.75 Å². The topological polar surface area (TPSA) is 58.6 Å². The van der Waals surface area contributed by atoms with Crippen molar-refractivity contribution in [3.63, 3.8) is 0 Å². The van der Waals surface area contributed by atoms with Crippen LogP contribution in [0.5, 0.6) is 5.75 Å². The number of halogens is 1. The highest BCUT2D eigenvalue weighted by molar-refractivity contribution is 9.10. The molecule has 2 aromatic rings. The first-order valence-corrected chi connectivity index (χ1v) is 7.25. The fraction of sp³-hybridized carbons (Fsp3) is 0.188. The number of amides is 1. The van der Waals surface area contributed by atoms with E-state index in [0.717, 1.165) is 10.0 Å². The van der Waals surface area contributed by atoms with Crippen LogP contribution in [-0.4, -0.2) is 24.7 Å². The number of hydrogen-bond donors (Lipinski definition) is 2. The highest BCUT2D eigenvalue weighted by Crippen LogP contribution is 2.24. The number of carbonyl (C=O) groups excluding carboxylic acids is 1. The number of benzene rings is 2. The van der Waals surface area contributed by atoms with Crippen molar-refractivity contribution < 1.29 is 14.6 Å². The molecular formula is C16H16BrNO3. The lowest BCUT2D eigenvalue weighted by Gasteiger charge is -2.17. The summed E-state index contributed by atoms with van der Waals surface area (Å²) < 4.78 is 6.05. The van der Waals surface area contributed by atoms with Crippen LogP contribution in [-0.2, 0) is 0 Å². The van der Waals surface area contributed by atoms with Gasteiger partial charge in [0.2, 0.25) is 0 Å². The number of aliphatic hydroxyl groups excluding tert-OH is 1. The summed E-state index contributed by atoms with van der Waals surface area (Å²) in [5.41, 5.74) is 1.28. The van der Waals surface area contributed by atoms with Crippen molar-refractivity contribution in [2.24, 2.45) is 0 Å². The van der Waals surface area contributed by atoms with Crippen LogP contribution in [0.1, 0.15) is 22.0 Å². The predicted octanol–water partition coefficient (Wildman–Crippen LogP) is 2.92. The summed E-state index contributed by atoms with van der Waals surface area (Å²) in [6.07, 6.45) is 0. The molecule has 0 bridgehead atoms. The van der Waals surface area contributed by atoms with Gasteiger partial charge in [0.25, 0.3) is 5.91 Å². The largest absolute Gasteiger partial charge is 0.496 e. The smallest absolute Gasteiger partial charge is 0.255 e. The highest BCUT2D eigenvalue weighted by atomic mass is 79.9. The van der Waals surface area contributed by atoms with Crippen LogP contribution in [0.15, 0.2) is 53.0 Å². The molecule has 2 aromatic carbocycles. The van der Waals surface area contributed by atoms with Gasteiger partial charge in [-0.15, -0.1) is 0 Å². The Morgan fingerprint density at radius 3 is 2.62 bits per heavy atom. The molecule has 1 atom stereocenters. The summed E-state index contributed by atoms with van der Waals surface area (Å²) >= 11 is 3.34. The van der Waals surface area contributed by atoms with Crippen LogP contribution in [0.3, 0.4) is 0 Å². The van der Waals surface area contributed by atoms with E-state index in [2.05, 4.69) is 21.2 Å². The van der Waals surface area contributed by atoms with Gasteiger partial charge in [0, 0.05) is 4.47 Å². The minimum Gasteiger partial charge on any atom is -0.496 e. The average molecular weight is 350 g/mol. The normalized spacial score (nSPS) is 11.8. The summed E-state index contributed by atoms with van der Waals surface area (Å²) in [7, 11) is 1.51. The second kappa shape index (κ2) is 7.24. The molecule has 5 heteroatoms. The molecule has 0 heterocycles. The molecule has 110 valence electrons. The highest BCUT2D eigenvalue weighted by Gasteiger charge is 2.17. The molecule has 2 N–H and O–H groups in total. The van der Waals surface area contributed by atoms with Crippen molar-refractivity contribution in [3.8, 4) is 5.75 Å². The summed E-state index contributed by atoms with van der Waals surface area (Å²) in [5, 5.41) is 12.3. The van der Waals surface area contributed by atoms with Crippen molar-refractivity contribution in [3.05, 3.63) is 64.1 Å². The number of hydrogen-bond acceptors (Lipinski definition) is 3. The van der Waals surface area contributed by atoms with Crippen LogP contribution < -0.4 is 10.1 Å². The first-order chi connectivity index (χ1) is 10.2. The Morgan fingerprint density at radius 1 is 1.29 bits per heavy atom. The predicted molar refractivity (Wildman–Crippen MR) is 84.4 cm³/mol. The van der Waals surface area contributed by atoms with Gasteiger partial charge >= 0.3 is 0 Å². The minimum absolute atomic E-state index is 0.172. The summed E-state index contributed by atoms with van der Waals surface area (Å²) in [6, 6.07) is 14.1. The molecule has 0 unspecified atom stereocenters. The second-order valence-corrected chi connectivity index (χ2v) is 5.38. The van der Waals surface area contributed by atoms with Gasteiger partial charge < -0.3 is 15.2 Å². The number of methoxy groups -OCH3 is 1. The zero-order chi connectivity index (χ0) is 15.2. The summed E-state index contributed by atoms with van der Waals surface area (Å²) in [6.45, 7) is -0.172. The third-order valence-corrected chi connectivity index (χ3v) is 3.59. The van der Waals surface area contributed by atoms with E-state index in [1.54, 1.807) is 18.2 Å². The van der Waals surface area contributed by atoms with Gasteiger partial charge in [-0.05, 0) is 23.8 Å². The van der Waals surface area contributed by atoms with E-state index in [1.165, 1.54) is 7.11 Å². The summed E-state index contributed by atoms with van der Waals surface area (Å²) in [5.74, 6) is 0.189. The maximum absolute atomic E-state index is 12.4. The Kier molecular flexibility index (Phi) is 5.36. The fourth-order valence-electron chi connectivity index (χ4n) is 2.01. The molecule has 0 radical (unpaired) electrons. The standard InChI is InChI=1S/C16H16BrNO3/c1-21-15-9-12(17)7-8-13(15)16(20)18-14(10-19)11-5-3-2-4-6-11/h2-9,14,19H,10H2,1H3,(H,18,20)/t14-/m1/s1. The van der Waals surface area contributed by atoms with Crippen LogP contribution in [0.4, 0.5) is 0 Å². The van der Waals surface area contributed by atoms with Crippen molar-refractivity contribution in [1.29, 1.82) is 0 Å². The van der Waals surface area contributed by atoms with Gasteiger partial charge in [-0.1, -0.05) is 46.3 Å². The lowest BCUT2D eigenvalue weighted by molar-refractivity contribution is 0.0913. The monoisotopic (exact) mass is 349 g/mol. The summed E-state index contributed by atoms with van der Waals surface area (Å²) in [4.78, 5) is 12.4. The lowest BCUT2D eigenvalue weighted by atomic mass is 10.1. The fourth-order valence-corrected chi connectivity index (χ4v) is 2.35. The number of aliphatic hydroxyl groups is 1. The Balaban J connectivity index is 2.21. The Morgan fingerprint density at radius 2 is 2.00 bits per heavy atom. The lowest BCUT2D eigenvalue weighted by Crippen LogP contribution is -2.31. The van der Waals surface area contributed by atoms with Crippen LogP contribution in [0, 0.1) is 0 Å². The van der Waals surface area contributed by atoms with Gasteiger partial charge in [0.15, 0.2) is 0 Å². The molecule has 0 aliphatic rings. The van der Waals surface area contributed by atoms with E-state index in [9.17, 15) is 9.90 Å². The molecule has 0 spiro atoms. The number of carbonyl (C=O) groups is 1. The molecule has 2 rings (SSSR count). The SMILES string of the molecule is COc1cc(Br)ccc1C(=O)N[C@H](CO)c1ccccc1. The van der Waals surface area contributed by atoms with E-state index in [4.69, 9.17) is 4.74 Å². The molecule has 0 saturated carbocycles. The van der Waals surface area contributed by atoms with Gasteiger partial charge in [-0.2, -0.15) is 0 Å². The Bertz CT molecular complexity index is 616. The molecule has 0 fully saturated rings. The van der Waals surface area contributed by atoms with Gasteiger partial charge in [-0.25, -0.2) is 0 Å². The zero-order valence-corrected chi connectivity index (χ0v) is 13.1. The molecule has 0 aromatic heterocycles. The maximum atomic E-state index is 12.4. The third kappa shape index (κ3) is 3.83. The van der Waals surface area contributed by atoms with Crippen LogP contribution >= 0.6 is 15.9 Å². The van der Waals surface area contributed by atoms with Crippen LogP contribution in [0.2, 0.25) is 0 Å². The Hall–Kier alpha value is -1.85. The average Bonchev–Trinajstić information content (AvgIpc) is 2.53. The van der Waals surface area contributed by atoms with Crippen LogP contribution in [0.25, 0.3) is 0 Å². The van der Waals surface area contributed by atoms with Crippen molar-refractivity contribution >= 4 is 21.8 Å². The van der Waals surface area contributed by atoms with Crippen molar-refractivity contribution in [2.45, 2.75) is 6.04 Å². The molecule has 0 aliphatic heterocycles. The zero-order valence-electron chi connectivity index (χ0n) is 11.5. The molecule has 1 amide bonds. The number of ether oxygens (including phenoxy) is 1. The number of nitrogens with one attached hydrogen (secondary N) is 1. The maximum Gasteiger partial charge on any atom is 0.255 e. The first kappa shape index (κ1) is 15.5. The molecular weight excluding hydrogens is 334 g/mol. The van der Waals surface area contributed by atoms with Crippen molar-refractivity contribution in [2.75, 3.05) is 13.7 Å². The van der Waals surface area contributed by atoms with Crippen molar-refractivity contribution in [1.82, 2.24) is 5.32 Å². The van der Waals surface area contributed by atoms with E-state index >= 15 is 0 Å². The van der Waals surface area contributed by atoms with E-state index in [1.807, 2.05) is 30.3 Å². The van der Waals surface area contributed by atoms with Gasteiger partial charge in [-0.3, -0.25) is 4.79 Å². The third-order valence-electron chi connectivity index (χ3n) is 3.10. The van der Waals surface area contributed by atoms with E-state index < -0.39 is 6.04 Å². The second-order valence-electron chi connectivity index (χ2n) is 4.46. The van der Waals surface area contributed by atoms with E-state index in [0.29, 0.717) is 11.3 Å². The Labute approximate surface area is 131 Å². The van der Waals surface area contributed by atoms with Gasteiger partial charge in [0.05, 0.1) is 25.3 Å². The molecule has 0 saturated heterocycles. The first-order valence-electron chi connectivity index (χ1n) is 6.46. The molecule has 0 aliphatic carbocycles. The van der Waals surface area contributed by atoms with E-state index in [-0.39, 0.29) is 12.5 Å². The quantitative estimate of drug-likeness (QED) is 0.872. The molecule has 4 nitrogen and oxygen atoms in total. The minimum atomic E-state index is -0.452. The number of rotatable bonds is 5.